The number of carbonyl (C=O) groups excluding carboxylic acids is 3. The summed E-state index contributed by atoms with van der Waals surface area (Å²) in [6.07, 6.45) is 2.77. The maximum absolute atomic E-state index is 13.0. The number of imidazole rings is 1. The molecule has 0 aliphatic heterocycles. The molecule has 0 fully saturated rings. The zero-order valence-corrected chi connectivity index (χ0v) is 20.4. The number of aromatic nitrogens is 2. The van der Waals surface area contributed by atoms with Gasteiger partial charge < -0.3 is 36.9 Å². The summed E-state index contributed by atoms with van der Waals surface area (Å²) >= 11 is 0. The lowest BCUT2D eigenvalue weighted by molar-refractivity contribution is -0.142. The summed E-state index contributed by atoms with van der Waals surface area (Å²) < 4.78 is 0. The van der Waals surface area contributed by atoms with Crippen LogP contribution in [0.1, 0.15) is 52.7 Å². The van der Waals surface area contributed by atoms with Gasteiger partial charge in [0.1, 0.15) is 18.1 Å². The first-order valence-corrected chi connectivity index (χ1v) is 11.5. The molecule has 1 rings (SSSR count). The van der Waals surface area contributed by atoms with Crippen molar-refractivity contribution >= 4 is 29.7 Å². The highest BCUT2D eigenvalue weighted by atomic mass is 16.4. The van der Waals surface area contributed by atoms with Crippen molar-refractivity contribution in [1.29, 1.82) is 0 Å². The number of H-pyrrole nitrogens is 1. The fourth-order valence-electron chi connectivity index (χ4n) is 3.18. The van der Waals surface area contributed by atoms with Crippen LogP contribution in [0.15, 0.2) is 12.5 Å². The van der Waals surface area contributed by atoms with Crippen molar-refractivity contribution < 1.29 is 34.2 Å². The number of rotatable bonds is 15. The largest absolute Gasteiger partial charge is 0.481 e. The number of aliphatic carboxylic acids is 2. The molecule has 3 amide bonds. The first-order chi connectivity index (χ1) is 16.4. The van der Waals surface area contributed by atoms with E-state index in [-0.39, 0.29) is 18.8 Å². The number of nitrogens with two attached hydrogens (primary N) is 1. The SMILES string of the molecule is CCC(C)C(N)C(=O)NC(CCC(=O)O)C(=O)NC(C(=O)NC(Cc1cnc[nH]1)C(=O)O)C(C)C. The van der Waals surface area contributed by atoms with Crippen LogP contribution in [-0.2, 0) is 30.4 Å². The van der Waals surface area contributed by atoms with E-state index in [2.05, 4.69) is 25.9 Å². The van der Waals surface area contributed by atoms with E-state index in [0.717, 1.165) is 0 Å². The quantitative estimate of drug-likeness (QED) is 0.164. The molecule has 0 saturated heterocycles. The maximum atomic E-state index is 13.0. The van der Waals surface area contributed by atoms with Crippen molar-refractivity contribution in [2.75, 3.05) is 0 Å². The molecule has 196 valence electrons. The van der Waals surface area contributed by atoms with E-state index in [1.807, 2.05) is 6.92 Å². The lowest BCUT2D eigenvalue weighted by atomic mass is 9.98. The Hall–Kier alpha value is -3.48. The van der Waals surface area contributed by atoms with Crippen molar-refractivity contribution in [3.05, 3.63) is 18.2 Å². The van der Waals surface area contributed by atoms with Gasteiger partial charge in [-0.3, -0.25) is 19.2 Å². The van der Waals surface area contributed by atoms with Crippen molar-refractivity contribution in [1.82, 2.24) is 25.9 Å². The molecule has 1 heterocycles. The van der Waals surface area contributed by atoms with Gasteiger partial charge in [-0.05, 0) is 18.3 Å². The molecule has 1 aromatic rings. The predicted octanol–water partition coefficient (Wildman–Crippen LogP) is -0.615. The van der Waals surface area contributed by atoms with Gasteiger partial charge >= 0.3 is 11.9 Å². The van der Waals surface area contributed by atoms with Gasteiger partial charge in [0.15, 0.2) is 0 Å². The van der Waals surface area contributed by atoms with Crippen LogP contribution in [0.2, 0.25) is 0 Å². The topological polar surface area (TPSA) is 217 Å². The van der Waals surface area contributed by atoms with Gasteiger partial charge in [-0.2, -0.15) is 0 Å². The third-order valence-electron chi connectivity index (χ3n) is 5.68. The fourth-order valence-corrected chi connectivity index (χ4v) is 3.18. The van der Waals surface area contributed by atoms with Crippen molar-refractivity contribution in [2.45, 2.75) is 77.5 Å². The number of nitrogens with zero attached hydrogens (tertiary/aromatic N) is 1. The molecule has 0 aromatic carbocycles. The smallest absolute Gasteiger partial charge is 0.326 e. The van der Waals surface area contributed by atoms with Crippen molar-refractivity contribution in [3.63, 3.8) is 0 Å². The van der Waals surface area contributed by atoms with Crippen LogP contribution in [0.25, 0.3) is 0 Å². The second-order valence-electron chi connectivity index (χ2n) is 8.82. The van der Waals surface area contributed by atoms with Crippen LogP contribution in [0.5, 0.6) is 0 Å². The van der Waals surface area contributed by atoms with E-state index >= 15 is 0 Å². The Balaban J connectivity index is 2.97. The number of carboxylic acid groups (broad SMARTS) is 2. The molecule has 13 heteroatoms. The van der Waals surface area contributed by atoms with Gasteiger partial charge in [0, 0.05) is 24.7 Å². The highest BCUT2D eigenvalue weighted by molar-refractivity contribution is 5.94. The predicted molar refractivity (Wildman–Crippen MR) is 125 cm³/mol. The minimum absolute atomic E-state index is 0.0510. The molecule has 0 aliphatic carbocycles. The summed E-state index contributed by atoms with van der Waals surface area (Å²) in [5, 5.41) is 25.9. The summed E-state index contributed by atoms with van der Waals surface area (Å²) in [6.45, 7) is 6.94. The first kappa shape index (κ1) is 29.6. The summed E-state index contributed by atoms with van der Waals surface area (Å²) in [5.74, 6) is -5.17. The Morgan fingerprint density at radius 2 is 1.63 bits per heavy atom. The highest BCUT2D eigenvalue weighted by Gasteiger charge is 2.32. The Morgan fingerprint density at radius 3 is 2.11 bits per heavy atom. The van der Waals surface area contributed by atoms with Crippen LogP contribution >= 0.6 is 0 Å². The van der Waals surface area contributed by atoms with Gasteiger partial charge in [0.25, 0.3) is 0 Å². The maximum Gasteiger partial charge on any atom is 0.326 e. The van der Waals surface area contributed by atoms with Crippen LogP contribution in [0.4, 0.5) is 0 Å². The normalized spacial score (nSPS) is 15.4. The fraction of sp³-hybridized carbons (Fsp3) is 0.636. The third-order valence-corrected chi connectivity index (χ3v) is 5.68. The van der Waals surface area contributed by atoms with Gasteiger partial charge in [-0.25, -0.2) is 9.78 Å². The molecule has 5 atom stereocenters. The Labute approximate surface area is 203 Å². The molecular weight excluding hydrogens is 460 g/mol. The lowest BCUT2D eigenvalue weighted by Gasteiger charge is -2.27. The van der Waals surface area contributed by atoms with E-state index in [1.54, 1.807) is 20.8 Å². The highest BCUT2D eigenvalue weighted by Crippen LogP contribution is 2.09. The summed E-state index contributed by atoms with van der Waals surface area (Å²) in [7, 11) is 0. The summed E-state index contributed by atoms with van der Waals surface area (Å²) in [6, 6.07) is -4.57. The number of hydrogen-bond acceptors (Lipinski definition) is 7. The zero-order valence-electron chi connectivity index (χ0n) is 20.4. The zero-order chi connectivity index (χ0) is 26.7. The summed E-state index contributed by atoms with van der Waals surface area (Å²) in [4.78, 5) is 67.7. The standard InChI is InChI=1S/C22H36N6O7/c1-5-12(4)17(23)20(32)26-14(6-7-16(29)30)19(31)28-18(11(2)3)21(33)27-15(22(34)35)8-13-9-24-10-25-13/h9-12,14-15,17-18H,5-8,23H2,1-4H3,(H,24,25)(H,26,32)(H,27,33)(H,28,31)(H,29,30)(H,34,35). The van der Waals surface area contributed by atoms with Gasteiger partial charge in [-0.1, -0.05) is 34.1 Å². The minimum Gasteiger partial charge on any atom is -0.481 e. The molecule has 0 saturated carbocycles. The van der Waals surface area contributed by atoms with E-state index < -0.39 is 66.2 Å². The average Bonchev–Trinajstić information content (AvgIpc) is 3.30. The Bertz CT molecular complexity index is 874. The number of hydrogen-bond donors (Lipinski definition) is 7. The van der Waals surface area contributed by atoms with Gasteiger partial charge in [0.2, 0.25) is 17.7 Å². The molecule has 0 bridgehead atoms. The monoisotopic (exact) mass is 496 g/mol. The minimum atomic E-state index is -1.28. The third kappa shape index (κ3) is 9.73. The van der Waals surface area contributed by atoms with E-state index in [1.165, 1.54) is 12.5 Å². The summed E-state index contributed by atoms with van der Waals surface area (Å²) in [5.41, 5.74) is 6.42. The van der Waals surface area contributed by atoms with Crippen molar-refractivity contribution in [2.24, 2.45) is 17.6 Å². The van der Waals surface area contributed by atoms with Crippen LogP contribution in [0.3, 0.4) is 0 Å². The molecule has 0 aliphatic rings. The first-order valence-electron chi connectivity index (χ1n) is 11.5. The van der Waals surface area contributed by atoms with Gasteiger partial charge in [-0.15, -0.1) is 0 Å². The van der Waals surface area contributed by atoms with E-state index in [9.17, 15) is 29.1 Å². The second-order valence-corrected chi connectivity index (χ2v) is 8.82. The molecule has 5 unspecified atom stereocenters. The Morgan fingerprint density at radius 1 is 1.00 bits per heavy atom. The average molecular weight is 497 g/mol. The lowest BCUT2D eigenvalue weighted by Crippen LogP contribution is -2.59. The molecule has 0 radical (unpaired) electrons. The Kier molecular flexibility index (Phi) is 11.9. The number of carbonyl (C=O) groups is 5. The number of nitrogens with one attached hydrogen (secondary N) is 4. The van der Waals surface area contributed by atoms with E-state index in [0.29, 0.717) is 12.1 Å². The second kappa shape index (κ2) is 14.0. The van der Waals surface area contributed by atoms with Crippen LogP contribution in [-0.4, -0.2) is 74.0 Å². The van der Waals surface area contributed by atoms with E-state index in [4.69, 9.17) is 10.8 Å². The molecule has 1 aromatic heterocycles. The van der Waals surface area contributed by atoms with Crippen LogP contribution < -0.4 is 21.7 Å². The van der Waals surface area contributed by atoms with Crippen LogP contribution in [0, 0.1) is 11.8 Å². The molecule has 8 N–H and O–H groups in total. The molecular formula is C22H36N6O7. The van der Waals surface area contributed by atoms with Gasteiger partial charge in [0.05, 0.1) is 12.4 Å². The van der Waals surface area contributed by atoms with Crippen molar-refractivity contribution in [3.8, 4) is 0 Å². The molecule has 0 spiro atoms. The number of carboxylic acids is 2. The molecule has 13 nitrogen and oxygen atoms in total. The molecule has 35 heavy (non-hydrogen) atoms. The number of aromatic amines is 1. The number of amides is 3.